The highest BCUT2D eigenvalue weighted by Gasteiger charge is 2.30. The molecule has 0 aliphatic heterocycles. The third-order valence-electron chi connectivity index (χ3n) is 2.18. The van der Waals surface area contributed by atoms with Crippen molar-refractivity contribution in [3.63, 3.8) is 0 Å². The molecule has 1 aromatic heterocycles. The Bertz CT molecular complexity index is 686. The van der Waals surface area contributed by atoms with Gasteiger partial charge in [0.2, 0.25) is 0 Å². The first-order valence-electron chi connectivity index (χ1n) is 4.65. The molecular weight excluding hydrogens is 244 g/mol. The number of aromatic nitrogens is 2. The van der Waals surface area contributed by atoms with Crippen molar-refractivity contribution in [3.05, 3.63) is 50.5 Å². The predicted octanol–water partition coefficient (Wildman–Crippen LogP) is -1.16. The average Bonchev–Trinajstić information content (AvgIpc) is 2.71. The number of hydrogen-bond acceptors (Lipinski definition) is 6. The second-order valence-electron chi connectivity index (χ2n) is 3.24. The highest BCUT2D eigenvalue weighted by Crippen LogP contribution is 2.16. The average molecular weight is 250 g/mol. The van der Waals surface area contributed by atoms with E-state index in [1.54, 1.807) is 0 Å². The number of nitrogens with zero attached hydrogens (tertiary/aromatic N) is 2. The summed E-state index contributed by atoms with van der Waals surface area (Å²) in [5, 5.41) is 30.8. The number of aromatic amines is 1. The first-order valence-corrected chi connectivity index (χ1v) is 4.65. The van der Waals surface area contributed by atoms with Crippen LogP contribution in [0.15, 0.2) is 33.6 Å². The third-order valence-corrected chi connectivity index (χ3v) is 2.18. The van der Waals surface area contributed by atoms with Crippen LogP contribution in [0.5, 0.6) is 0 Å². The molecule has 0 spiro atoms. The van der Waals surface area contributed by atoms with Crippen molar-refractivity contribution in [1.82, 2.24) is 5.27 Å². The first-order chi connectivity index (χ1) is 8.52. The fourth-order valence-corrected chi connectivity index (χ4v) is 1.44. The van der Waals surface area contributed by atoms with E-state index in [0.717, 1.165) is 4.68 Å². The molecule has 0 saturated heterocycles. The normalized spacial score (nSPS) is 10.2. The van der Waals surface area contributed by atoms with Gasteiger partial charge in [-0.05, 0) is 9.95 Å². The monoisotopic (exact) mass is 250 g/mol. The van der Waals surface area contributed by atoms with Crippen molar-refractivity contribution in [3.8, 4) is 5.69 Å². The Morgan fingerprint density at radius 2 is 2.11 bits per heavy atom. The van der Waals surface area contributed by atoms with Gasteiger partial charge in [0.15, 0.2) is 0 Å². The number of para-hydroxylation sites is 2. The second-order valence-corrected chi connectivity index (χ2v) is 3.24. The molecule has 0 aliphatic rings. The number of nitro benzene ring substituents is 1. The lowest BCUT2D eigenvalue weighted by atomic mass is 10.2. The highest BCUT2D eigenvalue weighted by atomic mass is 16.6. The molecule has 0 atom stereocenters. The van der Waals surface area contributed by atoms with E-state index in [1.807, 2.05) is 0 Å². The number of H-pyrrole nitrogens is 1. The lowest BCUT2D eigenvalue weighted by molar-refractivity contribution is -0.676. The van der Waals surface area contributed by atoms with Crippen LogP contribution in [0.1, 0.15) is 5.69 Å². The van der Waals surface area contributed by atoms with Crippen molar-refractivity contribution in [2.45, 2.75) is 0 Å². The zero-order valence-electron chi connectivity index (χ0n) is 8.75. The molecule has 0 fully saturated rings. The Morgan fingerprint density at radius 3 is 2.72 bits per heavy atom. The quantitative estimate of drug-likeness (QED) is 0.232. The largest absolute Gasteiger partial charge is 0.854 e. The zero-order chi connectivity index (χ0) is 13.3. The minimum atomic E-state index is -1.30. The van der Waals surface area contributed by atoms with E-state index < -0.39 is 22.1 Å². The van der Waals surface area contributed by atoms with E-state index in [2.05, 4.69) is 9.79 Å². The summed E-state index contributed by atoms with van der Waals surface area (Å²) in [4.78, 5) is 21.4. The second kappa shape index (κ2) is 4.13. The van der Waals surface area contributed by atoms with Crippen LogP contribution in [-0.4, -0.2) is 16.1 Å². The molecule has 2 aromatic rings. The van der Waals surface area contributed by atoms with Crippen LogP contribution < -0.4 is 15.4 Å². The fourth-order valence-electron chi connectivity index (χ4n) is 1.44. The first kappa shape index (κ1) is 11.5. The fraction of sp³-hybridized carbons (Fsp3) is 0. The van der Waals surface area contributed by atoms with Gasteiger partial charge in [0, 0.05) is 12.1 Å². The minimum Gasteiger partial charge on any atom is -0.854 e. The van der Waals surface area contributed by atoms with Gasteiger partial charge in [0.05, 0.1) is 10.8 Å². The SMILES string of the molecule is N=C([O-])c1c(=O)o[nH][n+]1-c1ccccc1[N+](=O)[O-]. The van der Waals surface area contributed by atoms with Gasteiger partial charge in [0.1, 0.15) is 0 Å². The summed E-state index contributed by atoms with van der Waals surface area (Å²) in [6.07, 6.45) is 0. The van der Waals surface area contributed by atoms with Gasteiger partial charge in [-0.2, -0.15) is 0 Å². The molecule has 0 bridgehead atoms. The van der Waals surface area contributed by atoms with Crippen LogP contribution in [0.4, 0.5) is 5.69 Å². The number of nitro groups is 1. The third kappa shape index (κ3) is 1.73. The van der Waals surface area contributed by atoms with Crippen molar-refractivity contribution in [2.75, 3.05) is 0 Å². The van der Waals surface area contributed by atoms with Crippen LogP contribution in [-0.2, 0) is 0 Å². The van der Waals surface area contributed by atoms with Gasteiger partial charge in [-0.1, -0.05) is 12.1 Å². The summed E-state index contributed by atoms with van der Waals surface area (Å²) in [7, 11) is 0. The summed E-state index contributed by atoms with van der Waals surface area (Å²) >= 11 is 0. The molecule has 9 heteroatoms. The van der Waals surface area contributed by atoms with Gasteiger partial charge in [0.25, 0.3) is 0 Å². The molecule has 0 saturated carbocycles. The van der Waals surface area contributed by atoms with E-state index in [0.29, 0.717) is 0 Å². The molecule has 2 rings (SSSR count). The lowest BCUT2D eigenvalue weighted by Gasteiger charge is -1.99. The van der Waals surface area contributed by atoms with Crippen molar-refractivity contribution in [1.29, 1.82) is 5.41 Å². The lowest BCUT2D eigenvalue weighted by Crippen LogP contribution is -2.44. The molecular formula is C9H6N4O5. The molecule has 9 nitrogen and oxygen atoms in total. The Kier molecular flexibility index (Phi) is 2.64. The Labute approximate surface area is 98.5 Å². The highest BCUT2D eigenvalue weighted by molar-refractivity contribution is 5.83. The van der Waals surface area contributed by atoms with Gasteiger partial charge in [-0.25, -0.2) is 4.79 Å². The maximum absolute atomic E-state index is 11.2. The molecule has 0 radical (unpaired) electrons. The van der Waals surface area contributed by atoms with Crippen LogP contribution in [0, 0.1) is 15.5 Å². The Balaban J connectivity index is 2.74. The summed E-state index contributed by atoms with van der Waals surface area (Å²) in [5.74, 6) is -1.30. The Morgan fingerprint density at radius 1 is 1.44 bits per heavy atom. The Hall–Kier alpha value is -2.97. The molecule has 18 heavy (non-hydrogen) atoms. The maximum Gasteiger partial charge on any atom is 0.436 e. The van der Waals surface area contributed by atoms with Crippen LogP contribution in [0.25, 0.3) is 5.69 Å². The predicted molar refractivity (Wildman–Crippen MR) is 54.3 cm³/mol. The number of nitrogens with one attached hydrogen (secondary N) is 2. The molecule has 1 aromatic carbocycles. The number of benzene rings is 1. The minimum absolute atomic E-state index is 0.0658. The van der Waals surface area contributed by atoms with E-state index >= 15 is 0 Å². The van der Waals surface area contributed by atoms with Crippen LogP contribution >= 0.6 is 0 Å². The van der Waals surface area contributed by atoms with E-state index in [-0.39, 0.29) is 11.4 Å². The summed E-state index contributed by atoms with van der Waals surface area (Å²) < 4.78 is 5.14. The number of hydrogen-bond donors (Lipinski definition) is 2. The van der Waals surface area contributed by atoms with Crippen molar-refractivity contribution in [2.24, 2.45) is 0 Å². The zero-order valence-corrected chi connectivity index (χ0v) is 8.75. The van der Waals surface area contributed by atoms with Gasteiger partial charge in [-0.15, -0.1) is 0 Å². The molecule has 0 amide bonds. The smallest absolute Gasteiger partial charge is 0.436 e. The van der Waals surface area contributed by atoms with E-state index in [9.17, 15) is 20.0 Å². The topological polar surface area (TPSA) is 140 Å². The molecule has 1 heterocycles. The van der Waals surface area contributed by atoms with Crippen LogP contribution in [0.2, 0.25) is 0 Å². The van der Waals surface area contributed by atoms with Crippen molar-refractivity contribution < 1.29 is 19.2 Å². The van der Waals surface area contributed by atoms with Gasteiger partial charge < -0.3 is 10.5 Å². The van der Waals surface area contributed by atoms with Gasteiger partial charge in [-0.3, -0.25) is 14.6 Å². The molecule has 0 unspecified atom stereocenters. The van der Waals surface area contributed by atoms with Crippen LogP contribution in [0.3, 0.4) is 0 Å². The van der Waals surface area contributed by atoms with E-state index in [4.69, 9.17) is 5.41 Å². The molecule has 2 N–H and O–H groups in total. The maximum atomic E-state index is 11.2. The molecule has 0 aliphatic carbocycles. The summed E-state index contributed by atoms with van der Waals surface area (Å²) in [5.41, 5.74) is -2.09. The number of rotatable bonds is 3. The standard InChI is InChI=1S/C9H6N4O5/c10-8(14)7-9(15)18-11-12(7)5-3-1-2-4-6(5)13(16)17/h1-4H,(H2-,10,11,14,15). The summed E-state index contributed by atoms with van der Waals surface area (Å²) in [6.45, 7) is 0. The van der Waals surface area contributed by atoms with E-state index in [1.165, 1.54) is 24.3 Å². The summed E-state index contributed by atoms with van der Waals surface area (Å²) in [6, 6.07) is 5.43. The van der Waals surface area contributed by atoms with Crippen molar-refractivity contribution >= 4 is 11.6 Å². The van der Waals surface area contributed by atoms with Gasteiger partial charge >= 0.3 is 22.7 Å². The molecule has 92 valence electrons.